The number of hydrogen-bond donors (Lipinski definition) is 1. The Kier molecular flexibility index (Phi) is 10.1. The van der Waals surface area contributed by atoms with Crippen molar-refractivity contribution in [2.75, 3.05) is 17.1 Å². The number of carbonyl (C=O) groups is 2. The molecule has 2 atom stereocenters. The van der Waals surface area contributed by atoms with E-state index in [1.165, 1.54) is 29.2 Å². The van der Waals surface area contributed by atoms with Gasteiger partial charge in [0, 0.05) is 17.6 Å². The van der Waals surface area contributed by atoms with Gasteiger partial charge in [-0.25, -0.2) is 12.8 Å². The highest BCUT2D eigenvalue weighted by Crippen LogP contribution is 2.28. The first-order valence-corrected chi connectivity index (χ1v) is 13.7. The Labute approximate surface area is 212 Å². The van der Waals surface area contributed by atoms with Gasteiger partial charge in [0.2, 0.25) is 21.8 Å². The molecule has 0 saturated heterocycles. The molecule has 2 rings (SSSR count). The summed E-state index contributed by atoms with van der Waals surface area (Å²) in [7, 11) is -3.86. The molecule has 10 heteroatoms. The highest BCUT2D eigenvalue weighted by molar-refractivity contribution is 7.92. The number of benzene rings is 2. The number of sulfonamides is 1. The van der Waals surface area contributed by atoms with E-state index in [9.17, 15) is 22.4 Å². The van der Waals surface area contributed by atoms with E-state index in [4.69, 9.17) is 11.6 Å². The van der Waals surface area contributed by atoms with Crippen molar-refractivity contribution in [2.45, 2.75) is 59.2 Å². The van der Waals surface area contributed by atoms with E-state index in [1.807, 2.05) is 13.8 Å². The Bertz CT molecular complexity index is 1140. The highest BCUT2D eigenvalue weighted by Gasteiger charge is 2.32. The van der Waals surface area contributed by atoms with Crippen molar-refractivity contribution in [1.82, 2.24) is 10.2 Å². The largest absolute Gasteiger partial charge is 0.352 e. The molecule has 192 valence electrons. The Balaban J connectivity index is 2.47. The zero-order valence-corrected chi connectivity index (χ0v) is 22.3. The molecular weight excluding hydrogens is 493 g/mol. The molecule has 0 spiro atoms. The third-order valence-corrected chi connectivity index (χ3v) is 7.38. The van der Waals surface area contributed by atoms with Crippen LogP contribution in [0.5, 0.6) is 0 Å². The maximum absolute atomic E-state index is 13.6. The summed E-state index contributed by atoms with van der Waals surface area (Å²) in [6.45, 7) is 6.74. The lowest BCUT2D eigenvalue weighted by Crippen LogP contribution is -2.53. The van der Waals surface area contributed by atoms with Crippen molar-refractivity contribution >= 4 is 39.1 Å². The van der Waals surface area contributed by atoms with Crippen LogP contribution in [0.15, 0.2) is 42.5 Å². The number of carbonyl (C=O) groups excluding carboxylic acids is 2. The summed E-state index contributed by atoms with van der Waals surface area (Å²) in [5.41, 5.74) is 1.41. The molecule has 35 heavy (non-hydrogen) atoms. The molecule has 1 N–H and O–H groups in total. The average Bonchev–Trinajstić information content (AvgIpc) is 2.79. The van der Waals surface area contributed by atoms with Crippen LogP contribution in [0.3, 0.4) is 0 Å². The molecule has 7 nitrogen and oxygen atoms in total. The van der Waals surface area contributed by atoms with Crippen LogP contribution in [-0.2, 0) is 26.2 Å². The van der Waals surface area contributed by atoms with Crippen LogP contribution in [-0.4, -0.2) is 50.0 Å². The van der Waals surface area contributed by atoms with Crippen molar-refractivity contribution in [3.05, 3.63) is 64.4 Å². The minimum Gasteiger partial charge on any atom is -0.352 e. The molecule has 0 unspecified atom stereocenters. The van der Waals surface area contributed by atoms with Crippen LogP contribution in [0.1, 0.15) is 44.7 Å². The maximum Gasteiger partial charge on any atom is 0.244 e. The number of nitrogens with zero attached hydrogens (tertiary/aromatic N) is 2. The molecule has 2 amide bonds. The van der Waals surface area contributed by atoms with E-state index in [1.54, 1.807) is 32.0 Å². The molecule has 0 saturated carbocycles. The summed E-state index contributed by atoms with van der Waals surface area (Å²) < 4.78 is 39.8. The van der Waals surface area contributed by atoms with Gasteiger partial charge in [-0.3, -0.25) is 13.9 Å². The predicted octanol–water partition coefficient (Wildman–Crippen LogP) is 4.28. The van der Waals surface area contributed by atoms with Crippen LogP contribution in [0.25, 0.3) is 0 Å². The predicted molar refractivity (Wildman–Crippen MR) is 137 cm³/mol. The van der Waals surface area contributed by atoms with Crippen molar-refractivity contribution in [3.63, 3.8) is 0 Å². The van der Waals surface area contributed by atoms with Gasteiger partial charge in [0.05, 0.1) is 11.9 Å². The van der Waals surface area contributed by atoms with Gasteiger partial charge >= 0.3 is 0 Å². The number of rotatable bonds is 11. The molecule has 0 fully saturated rings. The van der Waals surface area contributed by atoms with Crippen LogP contribution in [0.2, 0.25) is 5.02 Å². The van der Waals surface area contributed by atoms with E-state index in [0.717, 1.165) is 10.6 Å². The van der Waals surface area contributed by atoms with Gasteiger partial charge in [0.25, 0.3) is 0 Å². The van der Waals surface area contributed by atoms with E-state index >= 15 is 0 Å². The monoisotopic (exact) mass is 525 g/mol. The molecule has 0 radical (unpaired) electrons. The van der Waals surface area contributed by atoms with Crippen LogP contribution >= 0.6 is 11.6 Å². The topological polar surface area (TPSA) is 86.8 Å². The maximum atomic E-state index is 13.6. The Hall–Kier alpha value is -2.65. The quantitative estimate of drug-likeness (QED) is 0.474. The zero-order chi connectivity index (χ0) is 26.3. The lowest BCUT2D eigenvalue weighted by molar-refractivity contribution is -0.140. The second-order valence-corrected chi connectivity index (χ2v) is 10.9. The lowest BCUT2D eigenvalue weighted by atomic mass is 10.1. The van der Waals surface area contributed by atoms with Gasteiger partial charge in [-0.05, 0) is 62.1 Å². The Morgan fingerprint density at radius 3 is 2.26 bits per heavy atom. The Morgan fingerprint density at radius 1 is 1.09 bits per heavy atom. The van der Waals surface area contributed by atoms with Gasteiger partial charge in [-0.15, -0.1) is 0 Å². The first-order chi connectivity index (χ1) is 16.4. The highest BCUT2D eigenvalue weighted by atomic mass is 35.5. The van der Waals surface area contributed by atoms with E-state index in [-0.39, 0.29) is 24.2 Å². The molecule has 0 aromatic heterocycles. The standard InChI is InChI=1S/C25H33ClFN3O4S/c1-6-17(3)28-25(32)22(7-2)29(15-19-11-13-20(27)14-12-19)24(31)16-30(35(5,33)34)23-10-8-9-21(26)18(23)4/h8-14,17,22H,6-7,15-16H2,1-5H3,(H,28,32)/t17-,22-/m1/s1. The molecule has 0 aliphatic carbocycles. The van der Waals surface area contributed by atoms with Crippen molar-refractivity contribution < 1.29 is 22.4 Å². The second kappa shape index (κ2) is 12.4. The minimum absolute atomic E-state index is 0.0116. The molecule has 0 bridgehead atoms. The van der Waals surface area contributed by atoms with Crippen LogP contribution in [0.4, 0.5) is 10.1 Å². The van der Waals surface area contributed by atoms with Crippen molar-refractivity contribution in [3.8, 4) is 0 Å². The van der Waals surface area contributed by atoms with Crippen molar-refractivity contribution in [2.24, 2.45) is 0 Å². The molecule has 0 aliphatic rings. The van der Waals surface area contributed by atoms with Crippen molar-refractivity contribution in [1.29, 1.82) is 0 Å². The number of nitrogens with one attached hydrogen (secondary N) is 1. The van der Waals surface area contributed by atoms with E-state index in [0.29, 0.717) is 29.0 Å². The summed E-state index contributed by atoms with van der Waals surface area (Å²) in [4.78, 5) is 28.1. The molecule has 0 heterocycles. The number of halogens is 2. The first kappa shape index (κ1) is 28.6. The van der Waals surface area contributed by atoms with Gasteiger partial charge in [0.15, 0.2) is 0 Å². The normalized spacial score (nSPS) is 13.1. The third kappa shape index (κ3) is 7.67. The fourth-order valence-electron chi connectivity index (χ4n) is 3.61. The lowest BCUT2D eigenvalue weighted by Gasteiger charge is -2.33. The van der Waals surface area contributed by atoms with Gasteiger partial charge in [0.1, 0.15) is 18.4 Å². The second-order valence-electron chi connectivity index (χ2n) is 8.54. The van der Waals surface area contributed by atoms with E-state index in [2.05, 4.69) is 5.32 Å². The smallest absolute Gasteiger partial charge is 0.244 e. The van der Waals surface area contributed by atoms with Gasteiger partial charge in [-0.2, -0.15) is 0 Å². The number of anilines is 1. The molecular formula is C25H33ClFN3O4S. The average molecular weight is 526 g/mol. The van der Waals surface area contributed by atoms with Gasteiger partial charge < -0.3 is 10.2 Å². The first-order valence-electron chi connectivity index (χ1n) is 11.5. The van der Waals surface area contributed by atoms with Gasteiger partial charge in [-0.1, -0.05) is 43.6 Å². The number of amides is 2. The molecule has 0 aliphatic heterocycles. The fraction of sp³-hybridized carbons (Fsp3) is 0.440. The molecule has 2 aromatic carbocycles. The summed E-state index contributed by atoms with van der Waals surface area (Å²) in [5, 5.41) is 3.27. The van der Waals surface area contributed by atoms with Crippen LogP contribution in [0, 0.1) is 12.7 Å². The Morgan fingerprint density at radius 2 is 1.71 bits per heavy atom. The minimum atomic E-state index is -3.86. The summed E-state index contributed by atoms with van der Waals surface area (Å²) >= 11 is 6.20. The summed E-state index contributed by atoms with van der Waals surface area (Å²) in [6.07, 6.45) is 2.03. The summed E-state index contributed by atoms with van der Waals surface area (Å²) in [5.74, 6) is -1.32. The third-order valence-electron chi connectivity index (χ3n) is 5.84. The zero-order valence-electron chi connectivity index (χ0n) is 20.7. The van der Waals surface area contributed by atoms with Crippen LogP contribution < -0.4 is 9.62 Å². The van der Waals surface area contributed by atoms with E-state index < -0.39 is 34.3 Å². The SMILES string of the molecule is CC[C@@H](C)NC(=O)[C@@H](CC)N(Cc1ccc(F)cc1)C(=O)CN(c1cccc(Cl)c1C)S(C)(=O)=O. The fourth-order valence-corrected chi connectivity index (χ4v) is 4.68. The number of hydrogen-bond acceptors (Lipinski definition) is 4. The molecule has 2 aromatic rings. The summed E-state index contributed by atoms with van der Waals surface area (Å²) in [6, 6.07) is 9.49.